The molecule has 1 rings (SSSR count). The second-order valence-corrected chi connectivity index (χ2v) is 6.18. The van der Waals surface area contributed by atoms with Crippen molar-refractivity contribution >= 4 is 37.6 Å². The third kappa shape index (κ3) is 4.55. The summed E-state index contributed by atoms with van der Waals surface area (Å²) in [6.07, 6.45) is 3.36. The zero-order valence-electron chi connectivity index (χ0n) is 10.3. The van der Waals surface area contributed by atoms with Crippen LogP contribution in [-0.2, 0) is 17.6 Å². The number of benzene rings is 1. The number of hydrogen-bond acceptors (Lipinski definition) is 1. The van der Waals surface area contributed by atoms with Gasteiger partial charge in [-0.2, -0.15) is 0 Å². The molecule has 0 aliphatic rings. The van der Waals surface area contributed by atoms with Gasteiger partial charge in [-0.15, -0.1) is 0 Å². The number of alkyl halides is 1. The van der Waals surface area contributed by atoms with Crippen molar-refractivity contribution in [1.82, 2.24) is 0 Å². The highest BCUT2D eigenvalue weighted by atomic mass is 79.9. The first-order valence-electron chi connectivity index (χ1n) is 6.02. The van der Waals surface area contributed by atoms with Crippen LogP contribution >= 0.6 is 31.9 Å². The molecule has 17 heavy (non-hydrogen) atoms. The van der Waals surface area contributed by atoms with Gasteiger partial charge in [-0.05, 0) is 42.5 Å². The van der Waals surface area contributed by atoms with Crippen LogP contribution in [0.25, 0.3) is 0 Å². The molecule has 1 aromatic rings. The lowest BCUT2D eigenvalue weighted by Gasteiger charge is -2.12. The lowest BCUT2D eigenvalue weighted by Crippen LogP contribution is -2.17. The zero-order chi connectivity index (χ0) is 12.8. The molecule has 0 spiro atoms. The molecule has 0 saturated carbocycles. The molecule has 1 unspecified atom stereocenters. The van der Waals surface area contributed by atoms with E-state index in [9.17, 15) is 4.79 Å². The van der Waals surface area contributed by atoms with Crippen molar-refractivity contribution < 1.29 is 4.79 Å². The Hall–Kier alpha value is -0.150. The molecule has 0 aliphatic heterocycles. The van der Waals surface area contributed by atoms with E-state index in [1.165, 1.54) is 11.1 Å². The number of halogens is 2. The Morgan fingerprint density at radius 1 is 1.29 bits per heavy atom. The number of carbonyl (C=O) groups is 1. The Kier molecular flexibility index (Phi) is 6.42. The van der Waals surface area contributed by atoms with Crippen LogP contribution in [0.5, 0.6) is 0 Å². The first-order valence-corrected chi connectivity index (χ1v) is 7.73. The van der Waals surface area contributed by atoms with Gasteiger partial charge >= 0.3 is 0 Å². The van der Waals surface area contributed by atoms with Crippen LogP contribution < -0.4 is 0 Å². The SMILES string of the molecule is CCCC(=O)C(Br)Cc1ccc(Br)cc1CC. The van der Waals surface area contributed by atoms with Crippen molar-refractivity contribution in [2.24, 2.45) is 0 Å². The normalized spacial score (nSPS) is 12.5. The van der Waals surface area contributed by atoms with Gasteiger partial charge in [0, 0.05) is 10.9 Å². The minimum absolute atomic E-state index is 0.0473. The number of carbonyl (C=O) groups excluding carboxylic acids is 1. The van der Waals surface area contributed by atoms with Crippen LogP contribution in [-0.4, -0.2) is 10.6 Å². The molecule has 1 aromatic carbocycles. The molecule has 0 bridgehead atoms. The van der Waals surface area contributed by atoms with E-state index in [-0.39, 0.29) is 4.83 Å². The van der Waals surface area contributed by atoms with Crippen molar-refractivity contribution in [3.63, 3.8) is 0 Å². The Morgan fingerprint density at radius 2 is 2.00 bits per heavy atom. The average Bonchev–Trinajstić information content (AvgIpc) is 2.31. The number of Topliss-reactive ketones (excluding diaryl/α,β-unsaturated/α-hetero) is 1. The third-order valence-electron chi connectivity index (χ3n) is 2.79. The van der Waals surface area contributed by atoms with Crippen LogP contribution in [0, 0.1) is 0 Å². The quantitative estimate of drug-likeness (QED) is 0.672. The predicted molar refractivity (Wildman–Crippen MR) is 79.9 cm³/mol. The summed E-state index contributed by atoms with van der Waals surface area (Å²) in [6.45, 7) is 4.18. The lowest BCUT2D eigenvalue weighted by molar-refractivity contribution is -0.118. The average molecular weight is 362 g/mol. The highest BCUT2D eigenvalue weighted by molar-refractivity contribution is 9.10. The van der Waals surface area contributed by atoms with Gasteiger partial charge in [0.05, 0.1) is 4.83 Å². The van der Waals surface area contributed by atoms with E-state index in [4.69, 9.17) is 0 Å². The van der Waals surface area contributed by atoms with Gasteiger partial charge in [-0.25, -0.2) is 0 Å². The van der Waals surface area contributed by atoms with Crippen LogP contribution in [0.1, 0.15) is 37.8 Å². The number of ketones is 1. The molecule has 0 aliphatic carbocycles. The summed E-state index contributed by atoms with van der Waals surface area (Å²) < 4.78 is 1.10. The Labute approximate surface area is 120 Å². The van der Waals surface area contributed by atoms with Crippen molar-refractivity contribution in [3.05, 3.63) is 33.8 Å². The smallest absolute Gasteiger partial charge is 0.146 e. The van der Waals surface area contributed by atoms with Gasteiger partial charge in [-0.3, -0.25) is 4.79 Å². The van der Waals surface area contributed by atoms with Gasteiger partial charge < -0.3 is 0 Å². The van der Waals surface area contributed by atoms with E-state index in [1.807, 2.05) is 13.0 Å². The van der Waals surface area contributed by atoms with E-state index >= 15 is 0 Å². The monoisotopic (exact) mass is 360 g/mol. The van der Waals surface area contributed by atoms with Crippen LogP contribution in [0.2, 0.25) is 0 Å². The molecule has 94 valence electrons. The van der Waals surface area contributed by atoms with Gasteiger partial charge in [-0.1, -0.05) is 51.8 Å². The maximum atomic E-state index is 11.8. The van der Waals surface area contributed by atoms with Crippen molar-refractivity contribution in [1.29, 1.82) is 0 Å². The molecule has 0 fully saturated rings. The highest BCUT2D eigenvalue weighted by Crippen LogP contribution is 2.21. The van der Waals surface area contributed by atoms with Gasteiger partial charge in [0.2, 0.25) is 0 Å². The van der Waals surface area contributed by atoms with Crippen molar-refractivity contribution in [2.45, 2.75) is 44.4 Å². The Balaban J connectivity index is 2.77. The summed E-state index contributed by atoms with van der Waals surface area (Å²) in [4.78, 5) is 11.7. The van der Waals surface area contributed by atoms with Crippen molar-refractivity contribution in [3.8, 4) is 0 Å². The van der Waals surface area contributed by atoms with Crippen LogP contribution in [0.15, 0.2) is 22.7 Å². The minimum atomic E-state index is -0.0473. The molecule has 0 radical (unpaired) electrons. The van der Waals surface area contributed by atoms with Crippen LogP contribution in [0.4, 0.5) is 0 Å². The highest BCUT2D eigenvalue weighted by Gasteiger charge is 2.15. The molecule has 0 aromatic heterocycles. The standard InChI is InChI=1S/C14H18Br2O/c1-3-5-14(17)13(16)9-11-6-7-12(15)8-10(11)4-2/h6-8,13H,3-5,9H2,1-2H3. The van der Waals surface area contributed by atoms with E-state index in [0.29, 0.717) is 12.2 Å². The van der Waals surface area contributed by atoms with E-state index in [1.54, 1.807) is 0 Å². The van der Waals surface area contributed by atoms with Gasteiger partial charge in [0.25, 0.3) is 0 Å². The maximum absolute atomic E-state index is 11.8. The Morgan fingerprint density at radius 3 is 2.59 bits per heavy atom. The summed E-state index contributed by atoms with van der Waals surface area (Å²) >= 11 is 6.98. The number of aryl methyl sites for hydroxylation is 1. The topological polar surface area (TPSA) is 17.1 Å². The summed E-state index contributed by atoms with van der Waals surface area (Å²) in [5, 5.41) is 0. The number of rotatable bonds is 6. The minimum Gasteiger partial charge on any atom is -0.298 e. The summed E-state index contributed by atoms with van der Waals surface area (Å²) in [7, 11) is 0. The van der Waals surface area contributed by atoms with Gasteiger partial charge in [0.15, 0.2) is 0 Å². The van der Waals surface area contributed by atoms with Gasteiger partial charge in [0.1, 0.15) is 5.78 Å². The fourth-order valence-corrected chi connectivity index (χ4v) is 2.82. The van der Waals surface area contributed by atoms with Crippen LogP contribution in [0.3, 0.4) is 0 Å². The molecule has 0 amide bonds. The largest absolute Gasteiger partial charge is 0.298 e. The first kappa shape index (κ1) is 14.9. The molecule has 1 atom stereocenters. The Bertz CT molecular complexity index is 388. The molecule has 0 saturated heterocycles. The second-order valence-electron chi connectivity index (χ2n) is 4.15. The summed E-state index contributed by atoms with van der Waals surface area (Å²) in [6, 6.07) is 6.29. The first-order chi connectivity index (χ1) is 8.08. The number of hydrogen-bond donors (Lipinski definition) is 0. The molecule has 1 nitrogen and oxygen atoms in total. The summed E-state index contributed by atoms with van der Waals surface area (Å²) in [5.41, 5.74) is 2.58. The fraction of sp³-hybridized carbons (Fsp3) is 0.500. The zero-order valence-corrected chi connectivity index (χ0v) is 13.5. The lowest BCUT2D eigenvalue weighted by atomic mass is 9.99. The maximum Gasteiger partial charge on any atom is 0.146 e. The second kappa shape index (κ2) is 7.32. The predicted octanol–water partition coefficient (Wildman–Crippen LogP) is 4.69. The molecular weight excluding hydrogens is 344 g/mol. The van der Waals surface area contributed by atoms with E-state index in [2.05, 4.69) is 50.9 Å². The molecule has 0 heterocycles. The third-order valence-corrected chi connectivity index (χ3v) is 4.12. The molecule has 3 heteroatoms. The van der Waals surface area contributed by atoms with E-state index in [0.717, 1.165) is 23.7 Å². The summed E-state index contributed by atoms with van der Waals surface area (Å²) in [5.74, 6) is 0.303. The molecular formula is C14H18Br2O. The molecule has 0 N–H and O–H groups in total. The van der Waals surface area contributed by atoms with E-state index < -0.39 is 0 Å². The van der Waals surface area contributed by atoms with Crippen molar-refractivity contribution in [2.75, 3.05) is 0 Å². The fourth-order valence-electron chi connectivity index (χ4n) is 1.83.